The maximum Gasteiger partial charge on any atom is 0.163 e. The highest BCUT2D eigenvalue weighted by atomic mass is 35.5. The summed E-state index contributed by atoms with van der Waals surface area (Å²) in [4.78, 5) is 5.79. The van der Waals surface area contributed by atoms with Crippen LogP contribution >= 0.6 is 22.9 Å². The lowest BCUT2D eigenvalue weighted by Crippen LogP contribution is -2.15. The van der Waals surface area contributed by atoms with Crippen molar-refractivity contribution in [3.05, 3.63) is 59.1 Å². The van der Waals surface area contributed by atoms with E-state index >= 15 is 0 Å². The molecule has 5 nitrogen and oxygen atoms in total. The number of benzene rings is 1. The molecule has 0 unspecified atom stereocenters. The quantitative estimate of drug-likeness (QED) is 0.526. The van der Waals surface area contributed by atoms with Crippen LogP contribution in [0.15, 0.2) is 54.7 Å². The first-order valence-corrected chi connectivity index (χ1v) is 9.37. The summed E-state index contributed by atoms with van der Waals surface area (Å²) in [6, 6.07) is 15.7. The molecule has 0 amide bonds. The molecule has 0 fully saturated rings. The Kier molecular flexibility index (Phi) is 3.72. The van der Waals surface area contributed by atoms with Crippen molar-refractivity contribution in [1.82, 2.24) is 9.38 Å². The lowest BCUT2D eigenvalue weighted by Gasteiger charge is -2.19. The van der Waals surface area contributed by atoms with Crippen LogP contribution in [0, 0.1) is 0 Å². The fourth-order valence-corrected chi connectivity index (χ4v) is 4.02. The number of hydrogen-bond donors (Lipinski definition) is 1. The van der Waals surface area contributed by atoms with Crippen LogP contribution in [-0.4, -0.2) is 22.6 Å². The standard InChI is InChI=1S/C19H14ClN3O2S/c20-16-7-6-15(26-16)18-19(23-8-2-1-3-17(23)22-18)21-12-4-5-13-14(11-12)25-10-9-24-13/h1-8,11,21H,9-10H2. The van der Waals surface area contributed by atoms with Gasteiger partial charge in [0.1, 0.15) is 30.4 Å². The SMILES string of the molecule is Clc1ccc(-c2nc3ccccn3c2Nc2ccc3c(c2)OCCO3)s1. The number of aromatic nitrogens is 2. The number of imidazole rings is 1. The number of nitrogens with zero attached hydrogens (tertiary/aromatic N) is 2. The number of pyridine rings is 1. The number of ether oxygens (including phenoxy) is 2. The van der Waals surface area contributed by atoms with Gasteiger partial charge in [-0.2, -0.15) is 0 Å². The van der Waals surface area contributed by atoms with E-state index in [4.69, 9.17) is 26.1 Å². The molecular weight excluding hydrogens is 370 g/mol. The molecule has 1 aliphatic heterocycles. The number of thiophene rings is 1. The van der Waals surface area contributed by atoms with Crippen molar-refractivity contribution in [2.24, 2.45) is 0 Å². The molecule has 1 N–H and O–H groups in total. The van der Waals surface area contributed by atoms with Crippen molar-refractivity contribution in [2.45, 2.75) is 0 Å². The van der Waals surface area contributed by atoms with Crippen molar-refractivity contribution in [2.75, 3.05) is 18.5 Å². The zero-order chi connectivity index (χ0) is 17.5. The molecule has 4 heterocycles. The van der Waals surface area contributed by atoms with Gasteiger partial charge in [-0.05, 0) is 36.4 Å². The molecule has 0 saturated heterocycles. The summed E-state index contributed by atoms with van der Waals surface area (Å²) in [5, 5.41) is 3.48. The van der Waals surface area contributed by atoms with Crippen LogP contribution in [0.1, 0.15) is 0 Å². The number of nitrogens with one attached hydrogen (secondary N) is 1. The van der Waals surface area contributed by atoms with Gasteiger partial charge in [-0.3, -0.25) is 4.40 Å². The number of halogens is 1. The fourth-order valence-electron chi connectivity index (χ4n) is 2.99. The molecule has 7 heteroatoms. The van der Waals surface area contributed by atoms with Gasteiger partial charge >= 0.3 is 0 Å². The summed E-state index contributed by atoms with van der Waals surface area (Å²) in [7, 11) is 0. The van der Waals surface area contributed by atoms with Gasteiger partial charge in [0, 0.05) is 18.0 Å². The van der Waals surface area contributed by atoms with E-state index in [0.717, 1.165) is 43.6 Å². The summed E-state index contributed by atoms with van der Waals surface area (Å²) >= 11 is 7.64. The Hall–Kier alpha value is -2.70. The minimum atomic E-state index is 0.561. The smallest absolute Gasteiger partial charge is 0.163 e. The first kappa shape index (κ1) is 15.5. The summed E-state index contributed by atoms with van der Waals surface area (Å²) < 4.78 is 14.0. The first-order chi connectivity index (χ1) is 12.8. The molecule has 26 heavy (non-hydrogen) atoms. The van der Waals surface area contributed by atoms with Gasteiger partial charge in [-0.25, -0.2) is 4.98 Å². The van der Waals surface area contributed by atoms with E-state index in [1.807, 2.05) is 59.1 Å². The largest absolute Gasteiger partial charge is 0.486 e. The van der Waals surface area contributed by atoms with Crippen LogP contribution in [0.4, 0.5) is 11.5 Å². The monoisotopic (exact) mass is 383 g/mol. The van der Waals surface area contributed by atoms with Crippen LogP contribution in [-0.2, 0) is 0 Å². The molecule has 3 aromatic heterocycles. The van der Waals surface area contributed by atoms with E-state index in [1.54, 1.807) is 0 Å². The molecule has 0 saturated carbocycles. The van der Waals surface area contributed by atoms with Crippen LogP contribution in [0.2, 0.25) is 4.34 Å². The molecule has 0 atom stereocenters. The summed E-state index contributed by atoms with van der Waals surface area (Å²) in [6.45, 7) is 1.14. The van der Waals surface area contributed by atoms with Gasteiger partial charge in [0.25, 0.3) is 0 Å². The minimum Gasteiger partial charge on any atom is -0.486 e. The third-order valence-corrected chi connectivity index (χ3v) is 5.38. The highest BCUT2D eigenvalue weighted by Crippen LogP contribution is 2.38. The van der Waals surface area contributed by atoms with Crippen LogP contribution in [0.3, 0.4) is 0 Å². The minimum absolute atomic E-state index is 0.561. The normalized spacial score (nSPS) is 13.1. The topological polar surface area (TPSA) is 47.8 Å². The number of anilines is 2. The second kappa shape index (κ2) is 6.23. The lowest BCUT2D eigenvalue weighted by atomic mass is 10.2. The van der Waals surface area contributed by atoms with Gasteiger partial charge in [-0.1, -0.05) is 17.7 Å². The molecular formula is C19H14ClN3O2S. The molecule has 130 valence electrons. The fraction of sp³-hybridized carbons (Fsp3) is 0.105. The van der Waals surface area contributed by atoms with E-state index < -0.39 is 0 Å². The van der Waals surface area contributed by atoms with E-state index in [-0.39, 0.29) is 0 Å². The van der Waals surface area contributed by atoms with Gasteiger partial charge < -0.3 is 14.8 Å². The number of rotatable bonds is 3. The Morgan fingerprint density at radius 1 is 1.04 bits per heavy atom. The van der Waals surface area contributed by atoms with E-state index in [0.29, 0.717) is 13.2 Å². The summed E-state index contributed by atoms with van der Waals surface area (Å²) in [5.41, 5.74) is 2.64. The molecule has 4 aromatic rings. The summed E-state index contributed by atoms with van der Waals surface area (Å²) in [5.74, 6) is 2.40. The molecule has 1 aliphatic rings. The zero-order valence-electron chi connectivity index (χ0n) is 13.6. The first-order valence-electron chi connectivity index (χ1n) is 8.17. The molecule has 0 radical (unpaired) electrons. The second-order valence-corrected chi connectivity index (χ2v) is 7.54. The third-order valence-electron chi connectivity index (χ3n) is 4.14. The highest BCUT2D eigenvalue weighted by molar-refractivity contribution is 7.19. The Morgan fingerprint density at radius 3 is 2.77 bits per heavy atom. The van der Waals surface area contributed by atoms with E-state index in [2.05, 4.69) is 5.32 Å². The molecule has 0 bridgehead atoms. The van der Waals surface area contributed by atoms with Crippen molar-refractivity contribution in [3.63, 3.8) is 0 Å². The van der Waals surface area contributed by atoms with Crippen molar-refractivity contribution in [3.8, 4) is 22.1 Å². The third kappa shape index (κ3) is 2.67. The van der Waals surface area contributed by atoms with E-state index in [9.17, 15) is 0 Å². The Balaban J connectivity index is 1.61. The van der Waals surface area contributed by atoms with Crippen molar-refractivity contribution in [1.29, 1.82) is 0 Å². The molecule has 1 aromatic carbocycles. The molecule has 0 aliphatic carbocycles. The van der Waals surface area contributed by atoms with Crippen LogP contribution in [0.25, 0.3) is 16.2 Å². The van der Waals surface area contributed by atoms with Gasteiger partial charge in [0.15, 0.2) is 11.5 Å². The Labute approximate surface area is 158 Å². The molecule has 0 spiro atoms. The van der Waals surface area contributed by atoms with Crippen LogP contribution < -0.4 is 14.8 Å². The zero-order valence-corrected chi connectivity index (χ0v) is 15.2. The lowest BCUT2D eigenvalue weighted by molar-refractivity contribution is 0.171. The Morgan fingerprint density at radius 2 is 1.92 bits per heavy atom. The van der Waals surface area contributed by atoms with E-state index in [1.165, 1.54) is 11.3 Å². The average Bonchev–Trinajstić information content (AvgIpc) is 3.26. The predicted molar refractivity (Wildman–Crippen MR) is 104 cm³/mol. The molecule has 5 rings (SSSR count). The van der Waals surface area contributed by atoms with Gasteiger partial charge in [-0.15, -0.1) is 11.3 Å². The average molecular weight is 384 g/mol. The maximum atomic E-state index is 6.13. The van der Waals surface area contributed by atoms with Crippen LogP contribution in [0.5, 0.6) is 11.5 Å². The number of fused-ring (bicyclic) bond motifs is 2. The maximum absolute atomic E-state index is 6.13. The van der Waals surface area contributed by atoms with Crippen molar-refractivity contribution >= 4 is 40.1 Å². The van der Waals surface area contributed by atoms with Gasteiger partial charge in [0.05, 0.1) is 9.21 Å². The highest BCUT2D eigenvalue weighted by Gasteiger charge is 2.17. The second-order valence-electron chi connectivity index (χ2n) is 5.83. The van der Waals surface area contributed by atoms with Gasteiger partial charge in [0.2, 0.25) is 0 Å². The van der Waals surface area contributed by atoms with Crippen molar-refractivity contribution < 1.29 is 9.47 Å². The predicted octanol–water partition coefficient (Wildman–Crippen LogP) is 5.23. The summed E-state index contributed by atoms with van der Waals surface area (Å²) in [6.07, 6.45) is 1.99. The number of hydrogen-bond acceptors (Lipinski definition) is 5. The Bertz CT molecular complexity index is 1110.